The average molecular weight is 311 g/mol. The van der Waals surface area contributed by atoms with Gasteiger partial charge in [-0.2, -0.15) is 0 Å². The molecule has 0 radical (unpaired) electrons. The van der Waals surface area contributed by atoms with E-state index in [2.05, 4.69) is 6.92 Å². The molecule has 1 aliphatic rings. The van der Waals surface area contributed by atoms with Gasteiger partial charge in [0.25, 0.3) is 0 Å². The van der Waals surface area contributed by atoms with Gasteiger partial charge in [0.2, 0.25) is 10.0 Å². The fourth-order valence-corrected chi connectivity index (χ4v) is 4.12. The summed E-state index contributed by atoms with van der Waals surface area (Å²) in [5, 5.41) is 8.94. The van der Waals surface area contributed by atoms with Crippen molar-refractivity contribution in [2.45, 2.75) is 31.9 Å². The van der Waals surface area contributed by atoms with Crippen molar-refractivity contribution in [3.05, 3.63) is 35.4 Å². The van der Waals surface area contributed by atoms with Crippen molar-refractivity contribution in [2.75, 3.05) is 13.1 Å². The van der Waals surface area contributed by atoms with Crippen molar-refractivity contribution in [2.24, 2.45) is 5.92 Å². The molecule has 0 bridgehead atoms. The second kappa shape index (κ2) is 6.58. The maximum atomic E-state index is 12.4. The summed E-state index contributed by atoms with van der Waals surface area (Å²) in [5.41, 5.74) is 1.95. The molecule has 21 heavy (non-hydrogen) atoms. The maximum absolute atomic E-state index is 12.4. The fourth-order valence-electron chi connectivity index (χ4n) is 2.55. The lowest BCUT2D eigenvalue weighted by atomic mass is 9.99. The highest BCUT2D eigenvalue weighted by molar-refractivity contribution is 7.88. The number of sulfonamides is 1. The van der Waals surface area contributed by atoms with Crippen LogP contribution in [0.1, 0.15) is 30.9 Å². The topological polar surface area (TPSA) is 74.7 Å². The van der Waals surface area contributed by atoms with E-state index in [1.165, 1.54) is 9.87 Å². The molecule has 0 spiro atoms. The van der Waals surface area contributed by atoms with Crippen molar-refractivity contribution >= 4 is 16.0 Å². The van der Waals surface area contributed by atoms with Gasteiger partial charge >= 0.3 is 5.97 Å². The lowest BCUT2D eigenvalue weighted by molar-refractivity contribution is -0.142. The second-order valence-corrected chi connectivity index (χ2v) is 7.41. The lowest BCUT2D eigenvalue weighted by Crippen LogP contribution is -2.40. The molecule has 0 aromatic heterocycles. The van der Waals surface area contributed by atoms with Gasteiger partial charge in [0, 0.05) is 13.1 Å². The van der Waals surface area contributed by atoms with Crippen LogP contribution in [-0.2, 0) is 27.0 Å². The van der Waals surface area contributed by atoms with E-state index in [4.69, 9.17) is 5.11 Å². The highest BCUT2D eigenvalue weighted by Crippen LogP contribution is 2.22. The zero-order valence-electron chi connectivity index (χ0n) is 12.2. The third-order valence-electron chi connectivity index (χ3n) is 3.98. The van der Waals surface area contributed by atoms with E-state index in [0.29, 0.717) is 25.9 Å². The Labute approximate surface area is 125 Å². The summed E-state index contributed by atoms with van der Waals surface area (Å²) in [6, 6.07) is 7.59. The van der Waals surface area contributed by atoms with Gasteiger partial charge in [-0.25, -0.2) is 12.7 Å². The van der Waals surface area contributed by atoms with Crippen molar-refractivity contribution in [1.82, 2.24) is 4.31 Å². The SMILES string of the molecule is CCc1ccc(CS(=O)(=O)N2CCC(C(=O)O)CC2)cc1. The summed E-state index contributed by atoms with van der Waals surface area (Å²) < 4.78 is 26.1. The lowest BCUT2D eigenvalue weighted by Gasteiger charge is -2.29. The fraction of sp³-hybridized carbons (Fsp3) is 0.533. The Hall–Kier alpha value is -1.40. The van der Waals surface area contributed by atoms with Crippen LogP contribution >= 0.6 is 0 Å². The number of rotatable bonds is 5. The first kappa shape index (κ1) is 16.0. The van der Waals surface area contributed by atoms with Crippen LogP contribution in [0.5, 0.6) is 0 Å². The minimum atomic E-state index is -3.36. The minimum absolute atomic E-state index is 0.0191. The Morgan fingerprint density at radius 1 is 1.19 bits per heavy atom. The average Bonchev–Trinajstić information content (AvgIpc) is 2.48. The van der Waals surface area contributed by atoms with Gasteiger partial charge in [0.15, 0.2) is 0 Å². The summed E-state index contributed by atoms with van der Waals surface area (Å²) in [7, 11) is -3.36. The number of hydrogen-bond donors (Lipinski definition) is 1. The molecule has 1 fully saturated rings. The van der Waals surface area contributed by atoms with Gasteiger partial charge in [-0.15, -0.1) is 0 Å². The molecule has 1 aromatic carbocycles. The van der Waals surface area contributed by atoms with Gasteiger partial charge in [-0.3, -0.25) is 4.79 Å². The molecule has 1 saturated heterocycles. The molecule has 1 aliphatic heterocycles. The molecular formula is C15H21NO4S. The Balaban J connectivity index is 2.00. The number of carbonyl (C=O) groups is 1. The van der Waals surface area contributed by atoms with Crippen molar-refractivity contribution in [3.63, 3.8) is 0 Å². The normalized spacial score (nSPS) is 17.8. The molecule has 2 rings (SSSR count). The van der Waals surface area contributed by atoms with E-state index < -0.39 is 21.9 Å². The zero-order valence-corrected chi connectivity index (χ0v) is 13.0. The van der Waals surface area contributed by atoms with Crippen LogP contribution in [0.4, 0.5) is 0 Å². The molecule has 5 nitrogen and oxygen atoms in total. The van der Waals surface area contributed by atoms with E-state index in [1.54, 1.807) is 0 Å². The first-order valence-electron chi connectivity index (χ1n) is 7.21. The van der Waals surface area contributed by atoms with Crippen molar-refractivity contribution < 1.29 is 18.3 Å². The molecule has 1 heterocycles. The van der Waals surface area contributed by atoms with E-state index in [0.717, 1.165) is 12.0 Å². The van der Waals surface area contributed by atoms with E-state index >= 15 is 0 Å². The predicted octanol–water partition coefficient (Wildman–Crippen LogP) is 1.88. The quantitative estimate of drug-likeness (QED) is 0.901. The molecule has 6 heteroatoms. The summed E-state index contributed by atoms with van der Waals surface area (Å²) in [6.07, 6.45) is 1.71. The van der Waals surface area contributed by atoms with Gasteiger partial charge in [-0.05, 0) is 30.4 Å². The number of aryl methyl sites for hydroxylation is 1. The van der Waals surface area contributed by atoms with Crippen LogP contribution in [0.15, 0.2) is 24.3 Å². The number of carboxylic acids is 1. The Morgan fingerprint density at radius 2 is 1.71 bits per heavy atom. The molecule has 1 aromatic rings. The third kappa shape index (κ3) is 4.04. The third-order valence-corrected chi connectivity index (χ3v) is 5.83. The standard InChI is InChI=1S/C15H21NO4S/c1-2-12-3-5-13(6-4-12)11-21(19,20)16-9-7-14(8-10-16)15(17)18/h3-6,14H,2,7-11H2,1H3,(H,17,18). The molecule has 0 saturated carbocycles. The Kier molecular flexibility index (Phi) is 5.00. The monoisotopic (exact) mass is 311 g/mol. The number of nitrogens with zero attached hydrogens (tertiary/aromatic N) is 1. The van der Waals surface area contributed by atoms with Crippen molar-refractivity contribution in [3.8, 4) is 0 Å². The van der Waals surface area contributed by atoms with Crippen LogP contribution in [0.3, 0.4) is 0 Å². The van der Waals surface area contributed by atoms with E-state index in [9.17, 15) is 13.2 Å². The van der Waals surface area contributed by atoms with Gasteiger partial charge in [0.1, 0.15) is 0 Å². The van der Waals surface area contributed by atoms with Gasteiger partial charge < -0.3 is 5.11 Å². The number of hydrogen-bond acceptors (Lipinski definition) is 3. The predicted molar refractivity (Wildman–Crippen MR) is 80.4 cm³/mol. The number of piperidine rings is 1. The Bertz CT molecular complexity index is 587. The zero-order chi connectivity index (χ0) is 15.5. The molecule has 0 amide bonds. The van der Waals surface area contributed by atoms with Crippen LogP contribution in [0, 0.1) is 5.92 Å². The molecule has 0 aliphatic carbocycles. The molecular weight excluding hydrogens is 290 g/mol. The summed E-state index contributed by atoms with van der Waals surface area (Å²) >= 11 is 0. The van der Waals surface area contributed by atoms with E-state index in [-0.39, 0.29) is 5.75 Å². The highest BCUT2D eigenvalue weighted by Gasteiger charge is 2.30. The minimum Gasteiger partial charge on any atom is -0.481 e. The summed E-state index contributed by atoms with van der Waals surface area (Å²) in [4.78, 5) is 10.9. The number of carboxylic acid groups (broad SMARTS) is 1. The molecule has 0 atom stereocenters. The van der Waals surface area contributed by atoms with Crippen LogP contribution in [0.2, 0.25) is 0 Å². The second-order valence-electron chi connectivity index (χ2n) is 5.44. The highest BCUT2D eigenvalue weighted by atomic mass is 32.2. The molecule has 116 valence electrons. The van der Waals surface area contributed by atoms with Gasteiger partial charge in [0.05, 0.1) is 11.7 Å². The molecule has 0 unspecified atom stereocenters. The smallest absolute Gasteiger partial charge is 0.306 e. The van der Waals surface area contributed by atoms with Crippen molar-refractivity contribution in [1.29, 1.82) is 0 Å². The Morgan fingerprint density at radius 3 is 2.19 bits per heavy atom. The first-order valence-corrected chi connectivity index (χ1v) is 8.81. The first-order chi connectivity index (χ1) is 9.92. The number of benzene rings is 1. The van der Waals surface area contributed by atoms with Crippen LogP contribution < -0.4 is 0 Å². The van der Waals surface area contributed by atoms with Gasteiger partial charge in [-0.1, -0.05) is 31.2 Å². The number of aliphatic carboxylic acids is 1. The van der Waals surface area contributed by atoms with E-state index in [1.807, 2.05) is 24.3 Å². The summed E-state index contributed by atoms with van der Waals surface area (Å²) in [5.74, 6) is -1.27. The van der Waals surface area contributed by atoms with Crippen LogP contribution in [0.25, 0.3) is 0 Å². The summed E-state index contributed by atoms with van der Waals surface area (Å²) in [6.45, 7) is 2.65. The largest absolute Gasteiger partial charge is 0.481 e. The van der Waals surface area contributed by atoms with Crippen LogP contribution in [-0.4, -0.2) is 36.9 Å². The molecule has 1 N–H and O–H groups in total. The maximum Gasteiger partial charge on any atom is 0.306 e.